The Labute approximate surface area is 103 Å². The van der Waals surface area contributed by atoms with Crippen LogP contribution in [0.4, 0.5) is 4.39 Å². The van der Waals surface area contributed by atoms with Crippen molar-refractivity contribution >= 4 is 15.9 Å². The molecule has 0 aliphatic carbocycles. The number of phenols is 1. The van der Waals surface area contributed by atoms with Crippen LogP contribution in [-0.4, -0.2) is 11.7 Å². The summed E-state index contributed by atoms with van der Waals surface area (Å²) in [6, 6.07) is 1.41. The SMILES string of the molecule is Cc1cc(F)c(O)c(C2CCCCN2)c1Br. The number of rotatable bonds is 1. The molecule has 16 heavy (non-hydrogen) atoms. The Kier molecular flexibility index (Phi) is 3.50. The van der Waals surface area contributed by atoms with Gasteiger partial charge in [0.05, 0.1) is 0 Å². The summed E-state index contributed by atoms with van der Waals surface area (Å²) in [5.41, 5.74) is 1.48. The number of hydrogen-bond donors (Lipinski definition) is 2. The number of aryl methyl sites for hydroxylation is 1. The summed E-state index contributed by atoms with van der Waals surface area (Å²) in [7, 11) is 0. The monoisotopic (exact) mass is 287 g/mol. The van der Waals surface area contributed by atoms with E-state index in [1.165, 1.54) is 6.07 Å². The molecule has 2 N–H and O–H groups in total. The third kappa shape index (κ3) is 2.09. The van der Waals surface area contributed by atoms with E-state index < -0.39 is 5.82 Å². The van der Waals surface area contributed by atoms with Gasteiger partial charge >= 0.3 is 0 Å². The van der Waals surface area contributed by atoms with Crippen molar-refractivity contribution < 1.29 is 9.50 Å². The molecule has 0 spiro atoms. The fourth-order valence-corrected chi connectivity index (χ4v) is 2.76. The number of hydrogen-bond acceptors (Lipinski definition) is 2. The number of nitrogens with one attached hydrogen (secondary N) is 1. The first-order chi connectivity index (χ1) is 7.61. The van der Waals surface area contributed by atoms with E-state index >= 15 is 0 Å². The highest BCUT2D eigenvalue weighted by Crippen LogP contribution is 2.39. The van der Waals surface area contributed by atoms with Gasteiger partial charge in [-0.1, -0.05) is 22.4 Å². The number of benzene rings is 1. The van der Waals surface area contributed by atoms with Crippen molar-refractivity contribution in [3.8, 4) is 5.75 Å². The van der Waals surface area contributed by atoms with Crippen LogP contribution in [0.25, 0.3) is 0 Å². The van der Waals surface area contributed by atoms with Gasteiger partial charge < -0.3 is 10.4 Å². The smallest absolute Gasteiger partial charge is 0.165 e. The largest absolute Gasteiger partial charge is 0.505 e. The van der Waals surface area contributed by atoms with Crippen molar-refractivity contribution in [2.24, 2.45) is 0 Å². The summed E-state index contributed by atoms with van der Waals surface area (Å²) < 4.78 is 14.3. The maximum absolute atomic E-state index is 13.5. The van der Waals surface area contributed by atoms with Crippen molar-refractivity contribution in [1.82, 2.24) is 5.32 Å². The van der Waals surface area contributed by atoms with E-state index in [1.807, 2.05) is 6.92 Å². The summed E-state index contributed by atoms with van der Waals surface area (Å²) in [5, 5.41) is 13.1. The first-order valence-electron chi connectivity index (χ1n) is 5.52. The van der Waals surface area contributed by atoms with Gasteiger partial charge in [-0.25, -0.2) is 4.39 Å². The molecule has 4 heteroatoms. The molecule has 1 heterocycles. The molecule has 1 fully saturated rings. The normalized spacial score (nSPS) is 21.1. The molecule has 1 unspecified atom stereocenters. The molecule has 88 valence electrons. The fourth-order valence-electron chi connectivity index (χ4n) is 2.18. The Bertz CT molecular complexity index is 376. The highest BCUT2D eigenvalue weighted by molar-refractivity contribution is 9.10. The topological polar surface area (TPSA) is 32.3 Å². The van der Waals surface area contributed by atoms with E-state index in [2.05, 4.69) is 21.2 Å². The number of aromatic hydroxyl groups is 1. The zero-order valence-electron chi connectivity index (χ0n) is 9.19. The van der Waals surface area contributed by atoms with Crippen LogP contribution in [0.2, 0.25) is 0 Å². The summed E-state index contributed by atoms with van der Waals surface area (Å²) >= 11 is 3.43. The van der Waals surface area contributed by atoms with E-state index in [4.69, 9.17) is 0 Å². The molecule has 0 saturated carbocycles. The molecule has 1 aromatic carbocycles. The second-order valence-corrected chi connectivity index (χ2v) is 5.05. The molecule has 0 radical (unpaired) electrons. The van der Waals surface area contributed by atoms with Gasteiger partial charge in [-0.2, -0.15) is 0 Å². The maximum atomic E-state index is 13.5. The van der Waals surface area contributed by atoms with Crippen LogP contribution < -0.4 is 5.32 Å². The molecule has 0 aromatic heterocycles. The molecular weight excluding hydrogens is 273 g/mol. The van der Waals surface area contributed by atoms with E-state index in [-0.39, 0.29) is 11.8 Å². The van der Waals surface area contributed by atoms with Gasteiger partial charge in [-0.3, -0.25) is 0 Å². The first-order valence-corrected chi connectivity index (χ1v) is 6.31. The Morgan fingerprint density at radius 2 is 2.25 bits per heavy atom. The predicted octanol–water partition coefficient (Wildman–Crippen LogP) is 3.42. The number of piperidine rings is 1. The highest BCUT2D eigenvalue weighted by atomic mass is 79.9. The lowest BCUT2D eigenvalue weighted by atomic mass is 9.95. The minimum atomic E-state index is -0.539. The Balaban J connectivity index is 2.45. The molecule has 2 nitrogen and oxygen atoms in total. The van der Waals surface area contributed by atoms with Gasteiger partial charge in [0.15, 0.2) is 11.6 Å². The second kappa shape index (κ2) is 4.72. The van der Waals surface area contributed by atoms with E-state index in [0.717, 1.165) is 35.8 Å². The fraction of sp³-hybridized carbons (Fsp3) is 0.500. The lowest BCUT2D eigenvalue weighted by Crippen LogP contribution is -2.27. The van der Waals surface area contributed by atoms with Crippen molar-refractivity contribution in [2.75, 3.05) is 6.54 Å². The third-order valence-corrected chi connectivity index (χ3v) is 4.12. The van der Waals surface area contributed by atoms with Crippen molar-refractivity contribution in [2.45, 2.75) is 32.2 Å². The van der Waals surface area contributed by atoms with Crippen molar-refractivity contribution in [1.29, 1.82) is 0 Å². The number of halogens is 2. The van der Waals surface area contributed by atoms with Gasteiger partial charge in [0.1, 0.15) is 0 Å². The van der Waals surface area contributed by atoms with Gasteiger partial charge in [-0.05, 0) is 37.9 Å². The van der Waals surface area contributed by atoms with Crippen LogP contribution in [0.3, 0.4) is 0 Å². The Hall–Kier alpha value is -0.610. The molecule has 2 rings (SSSR count). The van der Waals surface area contributed by atoms with Gasteiger partial charge in [-0.15, -0.1) is 0 Å². The van der Waals surface area contributed by atoms with Crippen LogP contribution in [0, 0.1) is 12.7 Å². The van der Waals surface area contributed by atoms with Crippen LogP contribution in [0.15, 0.2) is 10.5 Å². The molecule has 1 aromatic rings. The minimum Gasteiger partial charge on any atom is -0.505 e. The maximum Gasteiger partial charge on any atom is 0.165 e. The van der Waals surface area contributed by atoms with Crippen LogP contribution in [0.1, 0.15) is 36.4 Å². The molecule has 0 amide bonds. The van der Waals surface area contributed by atoms with E-state index in [1.54, 1.807) is 0 Å². The molecule has 1 atom stereocenters. The van der Waals surface area contributed by atoms with E-state index in [0.29, 0.717) is 5.56 Å². The molecular formula is C12H15BrFNO. The van der Waals surface area contributed by atoms with Gasteiger partial charge in [0.2, 0.25) is 0 Å². The zero-order valence-corrected chi connectivity index (χ0v) is 10.8. The average Bonchev–Trinajstić information content (AvgIpc) is 2.28. The predicted molar refractivity (Wildman–Crippen MR) is 65.1 cm³/mol. The van der Waals surface area contributed by atoms with Gasteiger partial charge in [0, 0.05) is 16.1 Å². The quantitative estimate of drug-likeness (QED) is 0.830. The van der Waals surface area contributed by atoms with Crippen molar-refractivity contribution in [3.05, 3.63) is 27.5 Å². The van der Waals surface area contributed by atoms with Crippen LogP contribution in [0.5, 0.6) is 5.75 Å². The minimum absolute atomic E-state index is 0.0533. The van der Waals surface area contributed by atoms with E-state index in [9.17, 15) is 9.50 Å². The Morgan fingerprint density at radius 1 is 1.50 bits per heavy atom. The summed E-state index contributed by atoms with van der Waals surface area (Å²) in [5.74, 6) is -0.764. The van der Waals surface area contributed by atoms with Gasteiger partial charge in [0.25, 0.3) is 0 Å². The Morgan fingerprint density at radius 3 is 2.88 bits per heavy atom. The van der Waals surface area contributed by atoms with Crippen LogP contribution in [-0.2, 0) is 0 Å². The lowest BCUT2D eigenvalue weighted by Gasteiger charge is -2.26. The lowest BCUT2D eigenvalue weighted by molar-refractivity contribution is 0.375. The molecule has 1 aliphatic heterocycles. The average molecular weight is 288 g/mol. The highest BCUT2D eigenvalue weighted by Gasteiger charge is 2.23. The summed E-state index contributed by atoms with van der Waals surface area (Å²) in [6.45, 7) is 2.75. The zero-order chi connectivity index (χ0) is 11.7. The van der Waals surface area contributed by atoms with Crippen LogP contribution >= 0.6 is 15.9 Å². The molecule has 1 saturated heterocycles. The third-order valence-electron chi connectivity index (χ3n) is 3.07. The molecule has 0 bridgehead atoms. The second-order valence-electron chi connectivity index (χ2n) is 4.25. The standard InChI is InChI=1S/C12H15BrFNO/c1-7-6-8(14)12(16)10(11(7)13)9-4-2-3-5-15-9/h6,9,15-16H,2-5H2,1H3. The number of phenolic OH excluding ortho intramolecular Hbond substituents is 1. The molecule has 1 aliphatic rings. The summed E-state index contributed by atoms with van der Waals surface area (Å²) in [4.78, 5) is 0. The summed E-state index contributed by atoms with van der Waals surface area (Å²) in [6.07, 6.45) is 3.19. The van der Waals surface area contributed by atoms with Crippen molar-refractivity contribution in [3.63, 3.8) is 0 Å². The first kappa shape index (κ1) is 11.9.